The number of nitrogen functional groups attached to an aromatic ring is 1. The zero-order chi connectivity index (χ0) is 12.3. The van der Waals surface area contributed by atoms with E-state index in [0.717, 1.165) is 25.9 Å². The lowest BCUT2D eigenvalue weighted by Crippen LogP contribution is -2.40. The van der Waals surface area contributed by atoms with Gasteiger partial charge in [-0.05, 0) is 30.9 Å². The lowest BCUT2D eigenvalue weighted by atomic mass is 9.95. The maximum absolute atomic E-state index is 12.2. The maximum atomic E-state index is 12.2. The van der Waals surface area contributed by atoms with Crippen LogP contribution in [0.5, 0.6) is 0 Å². The van der Waals surface area contributed by atoms with E-state index < -0.39 is 0 Å². The SMILES string of the molecule is CC[C@H]1CCCN(C(=O)c2cccc(N)n2)C1. The van der Waals surface area contributed by atoms with Crippen LogP contribution < -0.4 is 5.73 Å². The Kier molecular flexibility index (Phi) is 3.61. The fourth-order valence-corrected chi connectivity index (χ4v) is 2.32. The summed E-state index contributed by atoms with van der Waals surface area (Å²) in [5.74, 6) is 1.05. The predicted molar refractivity (Wildman–Crippen MR) is 67.6 cm³/mol. The molecule has 1 fully saturated rings. The van der Waals surface area contributed by atoms with E-state index >= 15 is 0 Å². The van der Waals surface area contributed by atoms with Crippen molar-refractivity contribution in [1.82, 2.24) is 9.88 Å². The van der Waals surface area contributed by atoms with E-state index in [0.29, 0.717) is 17.4 Å². The summed E-state index contributed by atoms with van der Waals surface area (Å²) in [7, 11) is 0. The Bertz CT molecular complexity index is 405. The van der Waals surface area contributed by atoms with Gasteiger partial charge in [0, 0.05) is 13.1 Å². The summed E-state index contributed by atoms with van der Waals surface area (Å²) in [6, 6.07) is 5.20. The van der Waals surface area contributed by atoms with Gasteiger partial charge in [0.15, 0.2) is 0 Å². The number of carbonyl (C=O) groups is 1. The van der Waals surface area contributed by atoms with Crippen LogP contribution in [0.25, 0.3) is 0 Å². The minimum Gasteiger partial charge on any atom is -0.384 e. The molecule has 0 aromatic carbocycles. The molecular formula is C13H19N3O. The number of piperidine rings is 1. The van der Waals surface area contributed by atoms with Gasteiger partial charge in [-0.2, -0.15) is 0 Å². The van der Waals surface area contributed by atoms with Crippen molar-refractivity contribution in [3.8, 4) is 0 Å². The van der Waals surface area contributed by atoms with E-state index in [1.165, 1.54) is 6.42 Å². The van der Waals surface area contributed by atoms with Crippen molar-refractivity contribution in [2.24, 2.45) is 5.92 Å². The smallest absolute Gasteiger partial charge is 0.272 e. The van der Waals surface area contributed by atoms with Gasteiger partial charge < -0.3 is 10.6 Å². The molecule has 2 N–H and O–H groups in total. The first kappa shape index (κ1) is 11.9. The van der Waals surface area contributed by atoms with Crippen molar-refractivity contribution in [1.29, 1.82) is 0 Å². The minimum absolute atomic E-state index is 0.00968. The second kappa shape index (κ2) is 5.17. The fraction of sp³-hybridized carbons (Fsp3) is 0.538. The number of nitrogens with zero attached hydrogens (tertiary/aromatic N) is 2. The Hall–Kier alpha value is -1.58. The third-order valence-corrected chi connectivity index (χ3v) is 3.37. The molecule has 2 heterocycles. The fourth-order valence-electron chi connectivity index (χ4n) is 2.32. The summed E-state index contributed by atoms with van der Waals surface area (Å²) in [5, 5.41) is 0. The molecule has 0 aliphatic carbocycles. The first-order valence-corrected chi connectivity index (χ1v) is 6.22. The van der Waals surface area contributed by atoms with Crippen LogP contribution in [-0.4, -0.2) is 28.9 Å². The van der Waals surface area contributed by atoms with Crippen molar-refractivity contribution in [2.75, 3.05) is 18.8 Å². The molecule has 1 aromatic heterocycles. The number of hydrogen-bond donors (Lipinski definition) is 1. The number of aromatic nitrogens is 1. The second-order valence-corrected chi connectivity index (χ2v) is 4.62. The summed E-state index contributed by atoms with van der Waals surface area (Å²) in [6.45, 7) is 3.87. The van der Waals surface area contributed by atoms with Gasteiger partial charge in [-0.1, -0.05) is 19.4 Å². The molecule has 0 bridgehead atoms. The summed E-state index contributed by atoms with van der Waals surface area (Å²) < 4.78 is 0. The van der Waals surface area contributed by atoms with Gasteiger partial charge in [-0.25, -0.2) is 4.98 Å². The van der Waals surface area contributed by atoms with Gasteiger partial charge in [-0.3, -0.25) is 4.79 Å². The zero-order valence-corrected chi connectivity index (χ0v) is 10.2. The lowest BCUT2D eigenvalue weighted by Gasteiger charge is -2.32. The van der Waals surface area contributed by atoms with Crippen LogP contribution >= 0.6 is 0 Å². The number of nitrogens with two attached hydrogens (primary N) is 1. The average Bonchev–Trinajstić information content (AvgIpc) is 2.38. The van der Waals surface area contributed by atoms with Crippen molar-refractivity contribution in [3.05, 3.63) is 23.9 Å². The van der Waals surface area contributed by atoms with E-state index in [-0.39, 0.29) is 5.91 Å². The number of likely N-dealkylation sites (tertiary alicyclic amines) is 1. The van der Waals surface area contributed by atoms with E-state index in [9.17, 15) is 4.79 Å². The van der Waals surface area contributed by atoms with Crippen LogP contribution in [0, 0.1) is 5.92 Å². The molecule has 1 amide bonds. The maximum Gasteiger partial charge on any atom is 0.272 e. The van der Waals surface area contributed by atoms with Crippen molar-refractivity contribution >= 4 is 11.7 Å². The Labute approximate surface area is 102 Å². The van der Waals surface area contributed by atoms with Crippen LogP contribution in [0.1, 0.15) is 36.7 Å². The number of pyridine rings is 1. The molecule has 0 spiro atoms. The second-order valence-electron chi connectivity index (χ2n) is 4.62. The Morgan fingerprint density at radius 1 is 1.59 bits per heavy atom. The highest BCUT2D eigenvalue weighted by Crippen LogP contribution is 2.20. The molecule has 1 atom stereocenters. The van der Waals surface area contributed by atoms with Crippen LogP contribution in [0.3, 0.4) is 0 Å². The van der Waals surface area contributed by atoms with E-state index in [4.69, 9.17) is 5.73 Å². The molecule has 1 aromatic rings. The van der Waals surface area contributed by atoms with Crippen molar-refractivity contribution in [3.63, 3.8) is 0 Å². The first-order chi connectivity index (χ1) is 8.20. The molecule has 0 saturated carbocycles. The Morgan fingerprint density at radius 2 is 2.41 bits per heavy atom. The number of carbonyl (C=O) groups excluding carboxylic acids is 1. The molecule has 1 saturated heterocycles. The quantitative estimate of drug-likeness (QED) is 0.849. The highest BCUT2D eigenvalue weighted by molar-refractivity contribution is 5.92. The average molecular weight is 233 g/mol. The highest BCUT2D eigenvalue weighted by Gasteiger charge is 2.24. The van der Waals surface area contributed by atoms with Gasteiger partial charge in [0.2, 0.25) is 0 Å². The van der Waals surface area contributed by atoms with Gasteiger partial charge >= 0.3 is 0 Å². The Morgan fingerprint density at radius 3 is 3.12 bits per heavy atom. The van der Waals surface area contributed by atoms with Gasteiger partial charge in [-0.15, -0.1) is 0 Å². The number of hydrogen-bond acceptors (Lipinski definition) is 3. The molecule has 1 aliphatic heterocycles. The van der Waals surface area contributed by atoms with E-state index in [2.05, 4.69) is 11.9 Å². The molecule has 92 valence electrons. The first-order valence-electron chi connectivity index (χ1n) is 6.22. The van der Waals surface area contributed by atoms with Crippen LogP contribution in [0.2, 0.25) is 0 Å². The standard InChI is InChI=1S/C13H19N3O/c1-2-10-5-4-8-16(9-10)13(17)11-6-3-7-12(14)15-11/h3,6-7,10H,2,4-5,8-9H2,1H3,(H2,14,15)/t10-/m0/s1. The van der Waals surface area contributed by atoms with Gasteiger partial charge in [0.25, 0.3) is 5.91 Å². The third-order valence-electron chi connectivity index (χ3n) is 3.37. The molecule has 0 radical (unpaired) electrons. The summed E-state index contributed by atoms with van der Waals surface area (Å²) in [5.41, 5.74) is 6.06. The van der Waals surface area contributed by atoms with E-state index in [1.54, 1.807) is 18.2 Å². The van der Waals surface area contributed by atoms with Gasteiger partial charge in [0.1, 0.15) is 11.5 Å². The number of amides is 1. The predicted octanol–water partition coefficient (Wildman–Crippen LogP) is 1.93. The topological polar surface area (TPSA) is 59.2 Å². The van der Waals surface area contributed by atoms with E-state index in [1.807, 2.05) is 4.90 Å². The summed E-state index contributed by atoms with van der Waals surface area (Å²) in [4.78, 5) is 18.2. The van der Waals surface area contributed by atoms with Crippen molar-refractivity contribution < 1.29 is 4.79 Å². The van der Waals surface area contributed by atoms with Crippen LogP contribution in [-0.2, 0) is 0 Å². The lowest BCUT2D eigenvalue weighted by molar-refractivity contribution is 0.0665. The van der Waals surface area contributed by atoms with Crippen LogP contribution in [0.4, 0.5) is 5.82 Å². The molecule has 4 heteroatoms. The third kappa shape index (κ3) is 2.75. The summed E-state index contributed by atoms with van der Waals surface area (Å²) in [6.07, 6.45) is 3.45. The molecule has 1 aliphatic rings. The molecule has 2 rings (SSSR count). The van der Waals surface area contributed by atoms with Gasteiger partial charge in [0.05, 0.1) is 0 Å². The Balaban J connectivity index is 2.09. The molecule has 0 unspecified atom stereocenters. The monoisotopic (exact) mass is 233 g/mol. The normalized spacial score (nSPS) is 20.3. The minimum atomic E-state index is 0.00968. The number of rotatable bonds is 2. The highest BCUT2D eigenvalue weighted by atomic mass is 16.2. The largest absolute Gasteiger partial charge is 0.384 e. The van der Waals surface area contributed by atoms with Crippen molar-refractivity contribution in [2.45, 2.75) is 26.2 Å². The number of anilines is 1. The molecular weight excluding hydrogens is 214 g/mol. The molecule has 4 nitrogen and oxygen atoms in total. The van der Waals surface area contributed by atoms with Crippen LogP contribution in [0.15, 0.2) is 18.2 Å². The zero-order valence-electron chi connectivity index (χ0n) is 10.2. The summed E-state index contributed by atoms with van der Waals surface area (Å²) >= 11 is 0. The molecule has 17 heavy (non-hydrogen) atoms.